The molecule has 1 aromatic carbocycles. The molecule has 0 unspecified atom stereocenters. The van der Waals surface area contributed by atoms with E-state index in [-0.39, 0.29) is 24.5 Å². The zero-order chi connectivity index (χ0) is 23.6. The smallest absolute Gasteiger partial charge is 0.410 e. The summed E-state index contributed by atoms with van der Waals surface area (Å²) in [7, 11) is 1.58. The van der Waals surface area contributed by atoms with Crippen molar-refractivity contribution in [3.8, 4) is 5.88 Å². The van der Waals surface area contributed by atoms with Crippen molar-refractivity contribution in [3.05, 3.63) is 59.0 Å². The number of amides is 3. The van der Waals surface area contributed by atoms with Gasteiger partial charge in [-0.2, -0.15) is 0 Å². The van der Waals surface area contributed by atoms with E-state index in [9.17, 15) is 18.8 Å². The molecule has 9 heteroatoms. The Hall–Kier alpha value is -3.49. The van der Waals surface area contributed by atoms with Crippen LogP contribution in [-0.2, 0) is 11.3 Å². The van der Waals surface area contributed by atoms with E-state index in [2.05, 4.69) is 4.98 Å². The number of halogens is 1. The van der Waals surface area contributed by atoms with Gasteiger partial charge < -0.3 is 14.4 Å². The number of pyridine rings is 1. The summed E-state index contributed by atoms with van der Waals surface area (Å²) in [6.07, 6.45) is -0.0384. The maximum absolute atomic E-state index is 13.9. The van der Waals surface area contributed by atoms with Crippen LogP contribution in [0.4, 0.5) is 9.18 Å². The molecule has 0 fully saturated rings. The van der Waals surface area contributed by atoms with E-state index in [0.717, 1.165) is 11.1 Å². The number of hydrogen-bond donors (Lipinski definition) is 0. The highest BCUT2D eigenvalue weighted by Crippen LogP contribution is 2.27. The van der Waals surface area contributed by atoms with Gasteiger partial charge in [0.05, 0.1) is 30.4 Å². The summed E-state index contributed by atoms with van der Waals surface area (Å²) >= 11 is 0. The van der Waals surface area contributed by atoms with Gasteiger partial charge in [-0.3, -0.25) is 14.5 Å². The van der Waals surface area contributed by atoms with E-state index in [0.29, 0.717) is 11.1 Å². The number of fused-ring (bicyclic) bond motifs is 1. The number of likely N-dealkylation sites (N-methyl/N-ethyl adjacent to an activating group) is 1. The average molecular weight is 443 g/mol. The highest BCUT2D eigenvalue weighted by molar-refractivity contribution is 6.21. The largest absolute Gasteiger partial charge is 0.473 e. The molecule has 32 heavy (non-hydrogen) atoms. The highest BCUT2D eigenvalue weighted by atomic mass is 19.1. The summed E-state index contributed by atoms with van der Waals surface area (Å²) in [5.74, 6) is -1.47. The van der Waals surface area contributed by atoms with Crippen molar-refractivity contribution in [2.24, 2.45) is 0 Å². The molecular weight excluding hydrogens is 417 g/mol. The minimum absolute atomic E-state index is 0.0769. The predicted molar refractivity (Wildman–Crippen MR) is 114 cm³/mol. The van der Waals surface area contributed by atoms with Crippen molar-refractivity contribution < 1.29 is 28.2 Å². The van der Waals surface area contributed by atoms with Crippen molar-refractivity contribution in [2.45, 2.75) is 45.9 Å². The molecule has 0 bridgehead atoms. The Bertz CT molecular complexity index is 1020. The SMILES string of the molecule is C[C@@H](CN(C)C(=O)OC(C)(C)C)Oc1ncc(F)cc1CN1C(=O)c2ccccc2C1=O. The fourth-order valence-corrected chi connectivity index (χ4v) is 3.27. The molecule has 1 atom stereocenters. The van der Waals surface area contributed by atoms with Crippen LogP contribution in [0.3, 0.4) is 0 Å². The average Bonchev–Trinajstić information content (AvgIpc) is 2.94. The van der Waals surface area contributed by atoms with Gasteiger partial charge in [0.15, 0.2) is 0 Å². The minimum atomic E-state index is -0.631. The lowest BCUT2D eigenvalue weighted by molar-refractivity contribution is 0.0233. The summed E-state index contributed by atoms with van der Waals surface area (Å²) < 4.78 is 25.1. The van der Waals surface area contributed by atoms with Crippen molar-refractivity contribution >= 4 is 17.9 Å². The van der Waals surface area contributed by atoms with E-state index in [1.807, 2.05) is 0 Å². The number of benzene rings is 1. The summed E-state index contributed by atoms with van der Waals surface area (Å²) in [6, 6.07) is 7.68. The number of carbonyl (C=O) groups is 3. The van der Waals surface area contributed by atoms with Crippen LogP contribution in [-0.4, -0.2) is 58.0 Å². The van der Waals surface area contributed by atoms with Gasteiger partial charge in [0.2, 0.25) is 5.88 Å². The molecule has 0 radical (unpaired) electrons. The summed E-state index contributed by atoms with van der Waals surface area (Å²) in [5.41, 5.74) is 0.215. The second kappa shape index (κ2) is 8.94. The van der Waals surface area contributed by atoms with Crippen LogP contribution in [0.1, 0.15) is 54.0 Å². The van der Waals surface area contributed by atoms with Gasteiger partial charge in [-0.1, -0.05) is 12.1 Å². The molecule has 0 aliphatic carbocycles. The van der Waals surface area contributed by atoms with Gasteiger partial charge in [0.1, 0.15) is 17.5 Å². The first kappa shape index (κ1) is 23.2. The van der Waals surface area contributed by atoms with Crippen LogP contribution < -0.4 is 4.74 Å². The number of ether oxygens (including phenoxy) is 2. The maximum atomic E-state index is 13.9. The molecule has 1 aliphatic heterocycles. The van der Waals surface area contributed by atoms with Gasteiger partial charge in [0, 0.05) is 12.6 Å². The standard InChI is InChI=1S/C23H26FN3O5/c1-14(12-26(5)22(30)32-23(2,3)4)31-19-15(10-16(24)11-25-19)13-27-20(28)17-8-6-7-9-18(17)21(27)29/h6-11,14H,12-13H2,1-5H3/t14-/m0/s1. The molecule has 3 rings (SSSR count). The Balaban J connectivity index is 1.73. The zero-order valence-corrected chi connectivity index (χ0v) is 18.7. The number of carbonyl (C=O) groups excluding carboxylic acids is 3. The van der Waals surface area contributed by atoms with E-state index < -0.39 is 35.4 Å². The molecule has 3 amide bonds. The molecular formula is C23H26FN3O5. The lowest BCUT2D eigenvalue weighted by Gasteiger charge is -2.27. The Morgan fingerprint density at radius 1 is 1.19 bits per heavy atom. The van der Waals surface area contributed by atoms with Crippen molar-refractivity contribution in [1.29, 1.82) is 0 Å². The topological polar surface area (TPSA) is 89.0 Å². The number of aromatic nitrogens is 1. The van der Waals surface area contributed by atoms with E-state index in [4.69, 9.17) is 9.47 Å². The number of rotatable bonds is 6. The molecule has 1 aliphatic rings. The number of nitrogens with zero attached hydrogens (tertiary/aromatic N) is 3. The Morgan fingerprint density at radius 2 is 1.78 bits per heavy atom. The molecule has 0 N–H and O–H groups in total. The monoisotopic (exact) mass is 443 g/mol. The molecule has 2 heterocycles. The van der Waals surface area contributed by atoms with Gasteiger partial charge in [-0.25, -0.2) is 14.2 Å². The molecule has 8 nitrogen and oxygen atoms in total. The molecule has 1 aromatic heterocycles. The lowest BCUT2D eigenvalue weighted by atomic mass is 10.1. The third-order valence-corrected chi connectivity index (χ3v) is 4.65. The first-order valence-electron chi connectivity index (χ1n) is 10.2. The van der Waals surface area contributed by atoms with Crippen LogP contribution >= 0.6 is 0 Å². The van der Waals surface area contributed by atoms with Gasteiger partial charge in [0.25, 0.3) is 11.8 Å². The summed E-state index contributed by atoms with van der Waals surface area (Å²) in [6.45, 7) is 7.02. The van der Waals surface area contributed by atoms with Crippen molar-refractivity contribution in [3.63, 3.8) is 0 Å². The number of imide groups is 1. The first-order valence-corrected chi connectivity index (χ1v) is 10.2. The third-order valence-electron chi connectivity index (χ3n) is 4.65. The second-order valence-corrected chi connectivity index (χ2v) is 8.65. The van der Waals surface area contributed by atoms with Crippen LogP contribution in [0.2, 0.25) is 0 Å². The maximum Gasteiger partial charge on any atom is 0.410 e. The van der Waals surface area contributed by atoms with E-state index in [1.165, 1.54) is 11.0 Å². The van der Waals surface area contributed by atoms with Crippen LogP contribution in [0.5, 0.6) is 5.88 Å². The molecule has 170 valence electrons. The first-order chi connectivity index (χ1) is 15.0. The van der Waals surface area contributed by atoms with Gasteiger partial charge in [-0.05, 0) is 45.9 Å². The van der Waals surface area contributed by atoms with E-state index in [1.54, 1.807) is 59.0 Å². The van der Waals surface area contributed by atoms with Crippen LogP contribution in [0, 0.1) is 5.82 Å². The lowest BCUT2D eigenvalue weighted by Crippen LogP contribution is -2.39. The Morgan fingerprint density at radius 3 is 2.34 bits per heavy atom. The predicted octanol–water partition coefficient (Wildman–Crippen LogP) is 3.65. The van der Waals surface area contributed by atoms with Gasteiger partial charge >= 0.3 is 6.09 Å². The fourth-order valence-electron chi connectivity index (χ4n) is 3.27. The quantitative estimate of drug-likeness (QED) is 0.633. The van der Waals surface area contributed by atoms with Crippen molar-refractivity contribution in [1.82, 2.24) is 14.8 Å². The van der Waals surface area contributed by atoms with Crippen molar-refractivity contribution in [2.75, 3.05) is 13.6 Å². The molecule has 0 spiro atoms. The Kier molecular flexibility index (Phi) is 6.47. The van der Waals surface area contributed by atoms with E-state index >= 15 is 0 Å². The third kappa shape index (κ3) is 5.22. The normalized spacial score (nSPS) is 14.2. The molecule has 0 saturated carbocycles. The molecule has 2 aromatic rings. The Labute approximate surface area is 185 Å². The number of hydrogen-bond acceptors (Lipinski definition) is 6. The minimum Gasteiger partial charge on any atom is -0.473 e. The van der Waals surface area contributed by atoms with Crippen LogP contribution in [0.25, 0.3) is 0 Å². The second-order valence-electron chi connectivity index (χ2n) is 8.65. The summed E-state index contributed by atoms with van der Waals surface area (Å²) in [5, 5.41) is 0. The fraction of sp³-hybridized carbons (Fsp3) is 0.391. The summed E-state index contributed by atoms with van der Waals surface area (Å²) in [4.78, 5) is 43.9. The zero-order valence-electron chi connectivity index (χ0n) is 18.7. The molecule has 0 saturated heterocycles. The highest BCUT2D eigenvalue weighted by Gasteiger charge is 2.36. The van der Waals surface area contributed by atoms with Crippen LogP contribution in [0.15, 0.2) is 36.5 Å². The van der Waals surface area contributed by atoms with Gasteiger partial charge in [-0.15, -0.1) is 0 Å².